The highest BCUT2D eigenvalue weighted by Gasteiger charge is 2.40. The number of hydrogen-bond acceptors (Lipinski definition) is 5. The Morgan fingerprint density at radius 3 is 2.29 bits per heavy atom. The highest BCUT2D eigenvalue weighted by molar-refractivity contribution is 8.04. The quantitative estimate of drug-likeness (QED) is 0.687. The number of carbonyl (C=O) groups excluding carboxylic acids is 2. The van der Waals surface area contributed by atoms with Crippen molar-refractivity contribution < 1.29 is 19.4 Å². The summed E-state index contributed by atoms with van der Waals surface area (Å²) in [6, 6.07) is 14.5. The maximum atomic E-state index is 13.2. The van der Waals surface area contributed by atoms with E-state index in [0.717, 1.165) is 17.7 Å². The summed E-state index contributed by atoms with van der Waals surface area (Å²) in [5, 5.41) is 9.20. The van der Waals surface area contributed by atoms with Crippen LogP contribution in [0.5, 0.6) is 5.75 Å². The smallest absolute Gasteiger partial charge is 0.272 e. The SMILES string of the molecule is CCCOc1ccc(C2=C(SCCO)C(=O)N(c3ccc(C)cc3)C2=O)cc1. The van der Waals surface area contributed by atoms with Crippen molar-refractivity contribution in [2.24, 2.45) is 0 Å². The number of amides is 2. The predicted molar refractivity (Wildman–Crippen MR) is 112 cm³/mol. The monoisotopic (exact) mass is 397 g/mol. The molecular weight excluding hydrogens is 374 g/mol. The first-order valence-corrected chi connectivity index (χ1v) is 10.2. The molecule has 1 aliphatic rings. The zero-order chi connectivity index (χ0) is 20.1. The summed E-state index contributed by atoms with van der Waals surface area (Å²) in [6.07, 6.45) is 0.910. The standard InChI is InChI=1S/C22H23NO4S/c1-3-13-27-18-10-6-16(7-11-18)19-20(28-14-12-24)22(26)23(21(19)25)17-8-4-15(2)5-9-17/h4-11,24H,3,12-14H2,1-2H3. The number of carbonyl (C=O) groups is 2. The Hall–Kier alpha value is -2.57. The molecule has 0 saturated heterocycles. The Morgan fingerprint density at radius 2 is 1.68 bits per heavy atom. The van der Waals surface area contributed by atoms with Gasteiger partial charge >= 0.3 is 0 Å². The van der Waals surface area contributed by atoms with E-state index >= 15 is 0 Å². The fraction of sp³-hybridized carbons (Fsp3) is 0.273. The van der Waals surface area contributed by atoms with E-state index in [2.05, 4.69) is 0 Å². The maximum absolute atomic E-state index is 13.2. The van der Waals surface area contributed by atoms with Gasteiger partial charge in [-0.1, -0.05) is 36.8 Å². The van der Waals surface area contributed by atoms with Crippen molar-refractivity contribution in [3.8, 4) is 5.75 Å². The maximum Gasteiger partial charge on any atom is 0.272 e. The first kappa shape index (κ1) is 20.2. The normalized spacial score (nSPS) is 14.2. The van der Waals surface area contributed by atoms with Crippen molar-refractivity contribution in [3.63, 3.8) is 0 Å². The van der Waals surface area contributed by atoms with Gasteiger partial charge in [0.1, 0.15) is 5.75 Å². The molecule has 3 rings (SSSR count). The lowest BCUT2D eigenvalue weighted by Crippen LogP contribution is -2.31. The van der Waals surface area contributed by atoms with Gasteiger partial charge in [0.2, 0.25) is 0 Å². The Bertz CT molecular complexity index is 888. The lowest BCUT2D eigenvalue weighted by molar-refractivity contribution is -0.119. The number of ether oxygens (including phenoxy) is 1. The van der Waals surface area contributed by atoms with Crippen LogP contribution in [0, 0.1) is 6.92 Å². The lowest BCUT2D eigenvalue weighted by Gasteiger charge is -2.15. The fourth-order valence-electron chi connectivity index (χ4n) is 2.91. The van der Waals surface area contributed by atoms with Gasteiger partial charge in [0.25, 0.3) is 11.8 Å². The summed E-state index contributed by atoms with van der Waals surface area (Å²) in [4.78, 5) is 27.8. The number of aliphatic hydroxyl groups excluding tert-OH is 1. The molecule has 146 valence electrons. The van der Waals surface area contributed by atoms with E-state index in [1.54, 1.807) is 36.4 Å². The second-order valence-electron chi connectivity index (χ2n) is 6.43. The van der Waals surface area contributed by atoms with Gasteiger partial charge in [-0.3, -0.25) is 9.59 Å². The van der Waals surface area contributed by atoms with Gasteiger partial charge in [-0.2, -0.15) is 0 Å². The molecule has 0 unspecified atom stereocenters. The highest BCUT2D eigenvalue weighted by Crippen LogP contribution is 2.38. The second-order valence-corrected chi connectivity index (χ2v) is 7.54. The van der Waals surface area contributed by atoms with E-state index in [-0.39, 0.29) is 18.4 Å². The van der Waals surface area contributed by atoms with Gasteiger partial charge in [0.15, 0.2) is 0 Å². The van der Waals surface area contributed by atoms with Crippen LogP contribution < -0.4 is 9.64 Å². The van der Waals surface area contributed by atoms with Crippen LogP contribution in [0.1, 0.15) is 24.5 Å². The molecule has 1 aliphatic heterocycles. The molecule has 28 heavy (non-hydrogen) atoms. The highest BCUT2D eigenvalue weighted by atomic mass is 32.2. The average Bonchev–Trinajstić information content (AvgIpc) is 2.95. The molecule has 5 nitrogen and oxygen atoms in total. The number of anilines is 1. The van der Waals surface area contributed by atoms with E-state index in [0.29, 0.717) is 34.1 Å². The van der Waals surface area contributed by atoms with Gasteiger partial charge in [-0.05, 0) is 43.2 Å². The van der Waals surface area contributed by atoms with Crippen LogP contribution in [0.4, 0.5) is 5.69 Å². The molecule has 2 aromatic carbocycles. The van der Waals surface area contributed by atoms with Crippen LogP contribution >= 0.6 is 11.8 Å². The van der Waals surface area contributed by atoms with E-state index < -0.39 is 0 Å². The van der Waals surface area contributed by atoms with Gasteiger partial charge in [0.05, 0.1) is 29.4 Å². The molecule has 0 bridgehead atoms. The number of aliphatic hydroxyl groups is 1. The third-order valence-corrected chi connectivity index (χ3v) is 5.34. The third-order valence-electron chi connectivity index (χ3n) is 4.29. The summed E-state index contributed by atoms with van der Waals surface area (Å²) >= 11 is 1.20. The van der Waals surface area contributed by atoms with Gasteiger partial charge < -0.3 is 9.84 Å². The van der Waals surface area contributed by atoms with Crippen molar-refractivity contribution in [2.75, 3.05) is 23.9 Å². The molecule has 6 heteroatoms. The molecule has 1 N–H and O–H groups in total. The van der Waals surface area contributed by atoms with Crippen LogP contribution in [-0.4, -0.2) is 35.9 Å². The minimum absolute atomic E-state index is 0.0722. The number of nitrogens with zero attached hydrogens (tertiary/aromatic N) is 1. The Morgan fingerprint density at radius 1 is 1.00 bits per heavy atom. The molecule has 2 amide bonds. The number of imide groups is 1. The summed E-state index contributed by atoms with van der Waals surface area (Å²) in [5.41, 5.74) is 2.62. The van der Waals surface area contributed by atoms with E-state index in [1.165, 1.54) is 16.7 Å². The summed E-state index contributed by atoms with van der Waals surface area (Å²) in [5.74, 6) is 0.366. The van der Waals surface area contributed by atoms with E-state index in [1.807, 2.05) is 26.0 Å². The molecule has 0 radical (unpaired) electrons. The molecule has 0 spiro atoms. The molecule has 1 heterocycles. The zero-order valence-electron chi connectivity index (χ0n) is 16.0. The summed E-state index contributed by atoms with van der Waals surface area (Å²) < 4.78 is 5.60. The molecule has 0 aliphatic carbocycles. The molecule has 2 aromatic rings. The van der Waals surface area contributed by atoms with Gasteiger partial charge in [-0.25, -0.2) is 4.90 Å². The molecular formula is C22H23NO4S. The minimum Gasteiger partial charge on any atom is -0.494 e. The first-order chi connectivity index (χ1) is 13.6. The van der Waals surface area contributed by atoms with Crippen LogP contribution in [0.2, 0.25) is 0 Å². The van der Waals surface area contributed by atoms with Crippen molar-refractivity contribution in [2.45, 2.75) is 20.3 Å². The summed E-state index contributed by atoms with van der Waals surface area (Å²) in [7, 11) is 0. The van der Waals surface area contributed by atoms with Crippen LogP contribution in [0.3, 0.4) is 0 Å². The van der Waals surface area contributed by atoms with Gasteiger partial charge in [-0.15, -0.1) is 11.8 Å². The number of hydrogen-bond donors (Lipinski definition) is 1. The van der Waals surface area contributed by atoms with Crippen LogP contribution in [-0.2, 0) is 9.59 Å². The number of aryl methyl sites for hydroxylation is 1. The van der Waals surface area contributed by atoms with Crippen molar-refractivity contribution in [3.05, 3.63) is 64.6 Å². The van der Waals surface area contributed by atoms with Crippen LogP contribution in [0.15, 0.2) is 53.4 Å². The fourth-order valence-corrected chi connectivity index (χ4v) is 3.77. The zero-order valence-corrected chi connectivity index (χ0v) is 16.8. The largest absolute Gasteiger partial charge is 0.494 e. The average molecular weight is 397 g/mol. The molecule has 0 aromatic heterocycles. The Balaban J connectivity index is 1.97. The van der Waals surface area contributed by atoms with E-state index in [4.69, 9.17) is 4.74 Å². The Labute approximate surface area is 169 Å². The second kappa shape index (κ2) is 9.08. The van der Waals surface area contributed by atoms with Crippen molar-refractivity contribution in [1.82, 2.24) is 0 Å². The number of benzene rings is 2. The molecule has 0 fully saturated rings. The number of thioether (sulfide) groups is 1. The van der Waals surface area contributed by atoms with Crippen molar-refractivity contribution in [1.29, 1.82) is 0 Å². The molecule has 0 saturated carbocycles. The predicted octanol–water partition coefficient (Wildman–Crippen LogP) is 3.79. The van der Waals surface area contributed by atoms with E-state index in [9.17, 15) is 14.7 Å². The van der Waals surface area contributed by atoms with Crippen molar-refractivity contribution >= 4 is 34.8 Å². The van der Waals surface area contributed by atoms with Gasteiger partial charge in [0, 0.05) is 5.75 Å². The number of rotatable bonds is 8. The first-order valence-electron chi connectivity index (χ1n) is 9.23. The Kier molecular flexibility index (Phi) is 6.54. The topological polar surface area (TPSA) is 66.8 Å². The third kappa shape index (κ3) is 4.13. The molecule has 0 atom stereocenters. The summed E-state index contributed by atoms with van der Waals surface area (Å²) in [6.45, 7) is 4.54. The minimum atomic E-state index is -0.353. The lowest BCUT2D eigenvalue weighted by atomic mass is 10.1. The van der Waals surface area contributed by atoms with Crippen LogP contribution in [0.25, 0.3) is 5.57 Å².